The SMILES string of the molecule is O=C(Nc1ccc(OCCOc2ccc(F)cc2)cc1)c1ccccc1. The van der Waals surface area contributed by atoms with Crippen LogP contribution in [0, 0.1) is 5.82 Å². The fraction of sp³-hybridized carbons (Fsp3) is 0.0952. The largest absolute Gasteiger partial charge is 0.490 e. The molecule has 0 aromatic heterocycles. The molecule has 0 aliphatic heterocycles. The number of benzene rings is 3. The number of hydrogen-bond donors (Lipinski definition) is 1. The van der Waals surface area contributed by atoms with E-state index in [1.165, 1.54) is 12.1 Å². The molecule has 0 unspecified atom stereocenters. The topological polar surface area (TPSA) is 47.6 Å². The van der Waals surface area contributed by atoms with Gasteiger partial charge < -0.3 is 14.8 Å². The van der Waals surface area contributed by atoms with Crippen molar-refractivity contribution in [2.75, 3.05) is 18.5 Å². The Labute approximate surface area is 151 Å². The highest BCUT2D eigenvalue weighted by molar-refractivity contribution is 6.04. The Hall–Kier alpha value is -3.34. The van der Waals surface area contributed by atoms with Gasteiger partial charge in [-0.2, -0.15) is 0 Å². The maximum atomic E-state index is 12.8. The van der Waals surface area contributed by atoms with Crippen molar-refractivity contribution in [2.45, 2.75) is 0 Å². The van der Waals surface area contributed by atoms with E-state index in [4.69, 9.17) is 9.47 Å². The average Bonchev–Trinajstić information content (AvgIpc) is 2.68. The van der Waals surface area contributed by atoms with Gasteiger partial charge in [0.05, 0.1) is 0 Å². The fourth-order valence-corrected chi connectivity index (χ4v) is 2.28. The number of amides is 1. The number of nitrogens with one attached hydrogen (secondary N) is 1. The zero-order valence-electron chi connectivity index (χ0n) is 14.0. The third kappa shape index (κ3) is 5.08. The molecule has 0 radical (unpaired) electrons. The van der Waals surface area contributed by atoms with Crippen LogP contribution in [-0.2, 0) is 0 Å². The summed E-state index contributed by atoms with van der Waals surface area (Å²) in [7, 11) is 0. The molecule has 3 rings (SSSR count). The number of carbonyl (C=O) groups is 1. The van der Waals surface area contributed by atoms with Crippen molar-refractivity contribution in [2.24, 2.45) is 0 Å². The van der Waals surface area contributed by atoms with Crippen LogP contribution in [0.4, 0.5) is 10.1 Å². The second-order valence-electron chi connectivity index (χ2n) is 5.50. The number of anilines is 1. The lowest BCUT2D eigenvalue weighted by Crippen LogP contribution is -2.11. The molecule has 0 atom stereocenters. The summed E-state index contributed by atoms with van der Waals surface area (Å²) in [6.07, 6.45) is 0. The van der Waals surface area contributed by atoms with E-state index < -0.39 is 0 Å². The highest BCUT2D eigenvalue weighted by Crippen LogP contribution is 2.17. The van der Waals surface area contributed by atoms with Crippen molar-refractivity contribution in [3.63, 3.8) is 0 Å². The van der Waals surface area contributed by atoms with E-state index in [-0.39, 0.29) is 11.7 Å². The number of ether oxygens (including phenoxy) is 2. The van der Waals surface area contributed by atoms with E-state index >= 15 is 0 Å². The van der Waals surface area contributed by atoms with Gasteiger partial charge in [0.2, 0.25) is 0 Å². The Bertz CT molecular complexity index is 833. The molecule has 0 saturated heterocycles. The first-order valence-electron chi connectivity index (χ1n) is 8.18. The molecular weight excluding hydrogens is 333 g/mol. The Morgan fingerprint density at radius 2 is 1.31 bits per heavy atom. The second-order valence-corrected chi connectivity index (χ2v) is 5.50. The molecule has 0 bridgehead atoms. The fourth-order valence-electron chi connectivity index (χ4n) is 2.28. The third-order valence-corrected chi connectivity index (χ3v) is 3.58. The first-order chi connectivity index (χ1) is 12.7. The number of halogens is 1. The van der Waals surface area contributed by atoms with Gasteiger partial charge in [-0.15, -0.1) is 0 Å². The average molecular weight is 351 g/mol. The van der Waals surface area contributed by atoms with Crippen LogP contribution < -0.4 is 14.8 Å². The molecule has 4 nitrogen and oxygen atoms in total. The first kappa shape index (κ1) is 17.5. The number of hydrogen-bond acceptors (Lipinski definition) is 3. The molecular formula is C21H18FNO3. The highest BCUT2D eigenvalue weighted by atomic mass is 19.1. The summed E-state index contributed by atoms with van der Waals surface area (Å²) < 4.78 is 23.8. The molecule has 3 aromatic carbocycles. The Morgan fingerprint density at radius 3 is 1.88 bits per heavy atom. The zero-order valence-corrected chi connectivity index (χ0v) is 14.0. The molecule has 5 heteroatoms. The van der Waals surface area contributed by atoms with Crippen LogP contribution in [0.3, 0.4) is 0 Å². The minimum Gasteiger partial charge on any atom is -0.490 e. The van der Waals surface area contributed by atoms with Crippen molar-refractivity contribution < 1.29 is 18.7 Å². The van der Waals surface area contributed by atoms with Crippen LogP contribution in [0.25, 0.3) is 0 Å². The molecule has 0 aliphatic rings. The summed E-state index contributed by atoms with van der Waals surface area (Å²) in [6, 6.07) is 22.0. The molecule has 1 N–H and O–H groups in total. The zero-order chi connectivity index (χ0) is 18.2. The van der Waals surface area contributed by atoms with Gasteiger partial charge in [0.15, 0.2) is 0 Å². The maximum absolute atomic E-state index is 12.8. The molecule has 0 heterocycles. The van der Waals surface area contributed by atoms with Crippen LogP contribution in [0.5, 0.6) is 11.5 Å². The van der Waals surface area contributed by atoms with E-state index in [1.807, 2.05) is 18.2 Å². The maximum Gasteiger partial charge on any atom is 0.255 e. The number of carbonyl (C=O) groups excluding carboxylic acids is 1. The lowest BCUT2D eigenvalue weighted by Gasteiger charge is -2.09. The standard InChI is InChI=1S/C21H18FNO3/c22-17-6-10-19(11-7-17)25-14-15-26-20-12-8-18(9-13-20)23-21(24)16-4-2-1-3-5-16/h1-13H,14-15H2,(H,23,24). The van der Waals surface area contributed by atoms with Crippen molar-refractivity contribution in [1.82, 2.24) is 0 Å². The van der Waals surface area contributed by atoms with Gasteiger partial charge in [0.25, 0.3) is 5.91 Å². The summed E-state index contributed by atoms with van der Waals surface area (Å²) in [6.45, 7) is 0.700. The molecule has 0 aliphatic carbocycles. The minimum absolute atomic E-state index is 0.160. The van der Waals surface area contributed by atoms with Crippen molar-refractivity contribution in [3.8, 4) is 11.5 Å². The van der Waals surface area contributed by atoms with Crippen LogP contribution >= 0.6 is 0 Å². The van der Waals surface area contributed by atoms with Gasteiger partial charge >= 0.3 is 0 Å². The normalized spacial score (nSPS) is 10.2. The van der Waals surface area contributed by atoms with Crippen molar-refractivity contribution >= 4 is 11.6 Å². The Kier molecular flexibility index (Phi) is 5.83. The van der Waals surface area contributed by atoms with E-state index in [0.717, 1.165) is 0 Å². The van der Waals surface area contributed by atoms with E-state index in [2.05, 4.69) is 5.32 Å². The predicted molar refractivity (Wildman–Crippen MR) is 98.2 cm³/mol. The quantitative estimate of drug-likeness (QED) is 0.636. The molecule has 3 aromatic rings. The summed E-state index contributed by atoms with van der Waals surface area (Å²) in [5, 5.41) is 2.83. The van der Waals surface area contributed by atoms with Gasteiger partial charge in [0, 0.05) is 11.3 Å². The predicted octanol–water partition coefficient (Wildman–Crippen LogP) is 4.54. The monoisotopic (exact) mass is 351 g/mol. The third-order valence-electron chi connectivity index (χ3n) is 3.58. The summed E-state index contributed by atoms with van der Waals surface area (Å²) in [5.41, 5.74) is 1.29. The highest BCUT2D eigenvalue weighted by Gasteiger charge is 2.05. The van der Waals surface area contributed by atoms with Crippen LogP contribution in [-0.4, -0.2) is 19.1 Å². The summed E-state index contributed by atoms with van der Waals surface area (Å²) in [5.74, 6) is 0.805. The minimum atomic E-state index is -0.298. The first-order valence-corrected chi connectivity index (χ1v) is 8.18. The molecule has 0 fully saturated rings. The second kappa shape index (κ2) is 8.67. The van der Waals surface area contributed by atoms with Gasteiger partial charge in [0.1, 0.15) is 30.5 Å². The summed E-state index contributed by atoms with van der Waals surface area (Å²) in [4.78, 5) is 12.1. The van der Waals surface area contributed by atoms with Crippen LogP contribution in [0.1, 0.15) is 10.4 Å². The number of rotatable bonds is 7. The lowest BCUT2D eigenvalue weighted by atomic mass is 10.2. The van der Waals surface area contributed by atoms with Crippen LogP contribution in [0.15, 0.2) is 78.9 Å². The van der Waals surface area contributed by atoms with Gasteiger partial charge in [-0.05, 0) is 60.7 Å². The van der Waals surface area contributed by atoms with E-state index in [0.29, 0.717) is 36.0 Å². The molecule has 0 saturated carbocycles. The van der Waals surface area contributed by atoms with Gasteiger partial charge in [-0.3, -0.25) is 4.79 Å². The molecule has 1 amide bonds. The van der Waals surface area contributed by atoms with E-state index in [1.54, 1.807) is 48.5 Å². The smallest absolute Gasteiger partial charge is 0.255 e. The Morgan fingerprint density at radius 1 is 0.769 bits per heavy atom. The lowest BCUT2D eigenvalue weighted by molar-refractivity contribution is 0.102. The van der Waals surface area contributed by atoms with Crippen molar-refractivity contribution in [3.05, 3.63) is 90.2 Å². The molecule has 132 valence electrons. The molecule has 26 heavy (non-hydrogen) atoms. The molecule has 0 spiro atoms. The van der Waals surface area contributed by atoms with Crippen molar-refractivity contribution in [1.29, 1.82) is 0 Å². The summed E-state index contributed by atoms with van der Waals surface area (Å²) >= 11 is 0. The van der Waals surface area contributed by atoms with E-state index in [9.17, 15) is 9.18 Å². The Balaban J connectivity index is 1.44. The van der Waals surface area contributed by atoms with Crippen LogP contribution in [0.2, 0.25) is 0 Å². The van der Waals surface area contributed by atoms with Gasteiger partial charge in [-0.1, -0.05) is 18.2 Å². The van der Waals surface area contributed by atoms with Gasteiger partial charge in [-0.25, -0.2) is 4.39 Å².